The van der Waals surface area contributed by atoms with Gasteiger partial charge in [-0.2, -0.15) is 0 Å². The van der Waals surface area contributed by atoms with E-state index in [0.717, 1.165) is 17.3 Å². The molecule has 0 aliphatic heterocycles. The van der Waals surface area contributed by atoms with Crippen LogP contribution in [0.4, 0.5) is 5.69 Å². The molecule has 2 rings (SSSR count). The Morgan fingerprint density at radius 3 is 2.47 bits per heavy atom. The van der Waals surface area contributed by atoms with Crippen molar-refractivity contribution in [2.75, 3.05) is 0 Å². The lowest BCUT2D eigenvalue weighted by atomic mass is 9.82. The van der Waals surface area contributed by atoms with Crippen LogP contribution in [0.25, 0.3) is 0 Å². The van der Waals surface area contributed by atoms with Crippen molar-refractivity contribution in [2.24, 2.45) is 11.8 Å². The number of nitrogens with zero attached hydrogens (tertiary/aromatic N) is 1. The Kier molecular flexibility index (Phi) is 4.45. The molecule has 1 aromatic rings. The van der Waals surface area contributed by atoms with Crippen LogP contribution in [0.1, 0.15) is 33.1 Å². The zero-order chi connectivity index (χ0) is 14.0. The molecule has 1 aromatic carbocycles. The molecule has 2 atom stereocenters. The topological polar surface area (TPSA) is 52.4 Å². The van der Waals surface area contributed by atoms with Crippen LogP contribution < -0.4 is 4.74 Å². The lowest BCUT2D eigenvalue weighted by molar-refractivity contribution is -0.385. The van der Waals surface area contributed by atoms with Crippen LogP contribution in [0.5, 0.6) is 5.75 Å². The SMILES string of the molecule is CC1CC(C)CC(Oc2cc([N+](=O)[O-])ccc2Br)C1. The Hall–Kier alpha value is -1.10. The van der Waals surface area contributed by atoms with Gasteiger partial charge in [0.25, 0.3) is 5.69 Å². The molecule has 19 heavy (non-hydrogen) atoms. The van der Waals surface area contributed by atoms with Gasteiger partial charge in [0.05, 0.1) is 21.6 Å². The molecule has 5 heteroatoms. The zero-order valence-corrected chi connectivity index (χ0v) is 12.7. The molecule has 1 aliphatic carbocycles. The van der Waals surface area contributed by atoms with E-state index in [9.17, 15) is 10.1 Å². The zero-order valence-electron chi connectivity index (χ0n) is 11.1. The maximum Gasteiger partial charge on any atom is 0.273 e. The second-order valence-corrected chi connectivity index (χ2v) is 6.38. The third kappa shape index (κ3) is 3.69. The van der Waals surface area contributed by atoms with Gasteiger partial charge < -0.3 is 4.74 Å². The van der Waals surface area contributed by atoms with Crippen LogP contribution in [0, 0.1) is 22.0 Å². The van der Waals surface area contributed by atoms with Crippen molar-refractivity contribution in [1.82, 2.24) is 0 Å². The van der Waals surface area contributed by atoms with Crippen molar-refractivity contribution in [2.45, 2.75) is 39.2 Å². The van der Waals surface area contributed by atoms with Gasteiger partial charge in [0.2, 0.25) is 0 Å². The summed E-state index contributed by atoms with van der Waals surface area (Å²) in [5.74, 6) is 1.86. The molecule has 0 aromatic heterocycles. The Morgan fingerprint density at radius 2 is 1.89 bits per heavy atom. The Morgan fingerprint density at radius 1 is 1.26 bits per heavy atom. The van der Waals surface area contributed by atoms with Crippen molar-refractivity contribution < 1.29 is 9.66 Å². The van der Waals surface area contributed by atoms with Crippen molar-refractivity contribution in [1.29, 1.82) is 0 Å². The van der Waals surface area contributed by atoms with Crippen LogP contribution in [0.15, 0.2) is 22.7 Å². The van der Waals surface area contributed by atoms with Crippen LogP contribution in [-0.4, -0.2) is 11.0 Å². The number of nitro groups is 1. The third-order valence-corrected chi connectivity index (χ3v) is 4.21. The fourth-order valence-corrected chi connectivity index (χ4v) is 3.18. The first-order chi connectivity index (χ1) is 8.95. The number of hydrogen-bond acceptors (Lipinski definition) is 3. The van der Waals surface area contributed by atoms with Gasteiger partial charge in [-0.1, -0.05) is 13.8 Å². The smallest absolute Gasteiger partial charge is 0.273 e. The number of rotatable bonds is 3. The summed E-state index contributed by atoms with van der Waals surface area (Å²) >= 11 is 3.39. The van der Waals surface area contributed by atoms with Crippen molar-refractivity contribution in [3.63, 3.8) is 0 Å². The molecule has 2 unspecified atom stereocenters. The number of halogens is 1. The lowest BCUT2D eigenvalue weighted by Gasteiger charge is -2.31. The van der Waals surface area contributed by atoms with Crippen LogP contribution in [0.3, 0.4) is 0 Å². The van der Waals surface area contributed by atoms with E-state index in [-0.39, 0.29) is 11.8 Å². The molecule has 104 valence electrons. The summed E-state index contributed by atoms with van der Waals surface area (Å²) in [7, 11) is 0. The molecule has 0 saturated heterocycles. The van der Waals surface area contributed by atoms with Gasteiger partial charge >= 0.3 is 0 Å². The molecule has 4 nitrogen and oxygen atoms in total. The van der Waals surface area contributed by atoms with E-state index in [1.165, 1.54) is 18.6 Å². The first-order valence-electron chi connectivity index (χ1n) is 6.56. The molecule has 1 aliphatic rings. The monoisotopic (exact) mass is 327 g/mol. The van der Waals surface area contributed by atoms with Gasteiger partial charge in [-0.05, 0) is 53.1 Å². The average molecular weight is 328 g/mol. The second-order valence-electron chi connectivity index (χ2n) is 5.53. The standard InChI is InChI=1S/C14H18BrNO3/c1-9-5-10(2)7-12(6-9)19-14-8-11(16(17)18)3-4-13(14)15/h3-4,8-10,12H,5-7H2,1-2H3. The first kappa shape index (κ1) is 14.3. The number of non-ortho nitro benzene ring substituents is 1. The summed E-state index contributed by atoms with van der Waals surface area (Å²) in [5, 5.41) is 10.8. The summed E-state index contributed by atoms with van der Waals surface area (Å²) in [6.45, 7) is 4.46. The van der Waals surface area contributed by atoms with Gasteiger partial charge in [-0.25, -0.2) is 0 Å². The normalized spacial score (nSPS) is 27.0. The van der Waals surface area contributed by atoms with E-state index in [4.69, 9.17) is 4.74 Å². The van der Waals surface area contributed by atoms with E-state index in [1.54, 1.807) is 6.07 Å². The molecule has 0 bridgehead atoms. The molecular formula is C14H18BrNO3. The predicted molar refractivity (Wildman–Crippen MR) is 77.4 cm³/mol. The van der Waals surface area contributed by atoms with Crippen LogP contribution in [0.2, 0.25) is 0 Å². The first-order valence-corrected chi connectivity index (χ1v) is 7.35. The van der Waals surface area contributed by atoms with Gasteiger partial charge in [0.15, 0.2) is 0 Å². The number of benzene rings is 1. The molecule has 1 saturated carbocycles. The minimum Gasteiger partial charge on any atom is -0.489 e. The molecule has 0 amide bonds. The fraction of sp³-hybridized carbons (Fsp3) is 0.571. The maximum absolute atomic E-state index is 10.8. The summed E-state index contributed by atoms with van der Waals surface area (Å²) in [6, 6.07) is 4.64. The highest BCUT2D eigenvalue weighted by atomic mass is 79.9. The third-order valence-electron chi connectivity index (χ3n) is 3.55. The van der Waals surface area contributed by atoms with E-state index >= 15 is 0 Å². The van der Waals surface area contributed by atoms with E-state index in [2.05, 4.69) is 29.8 Å². The van der Waals surface area contributed by atoms with Gasteiger partial charge in [0.1, 0.15) is 5.75 Å². The quantitative estimate of drug-likeness (QED) is 0.604. The molecule has 0 radical (unpaired) electrons. The van der Waals surface area contributed by atoms with Crippen molar-refractivity contribution >= 4 is 21.6 Å². The van der Waals surface area contributed by atoms with Crippen LogP contribution >= 0.6 is 15.9 Å². The van der Waals surface area contributed by atoms with Gasteiger partial charge in [-0.3, -0.25) is 10.1 Å². The number of nitro benzene ring substituents is 1. The molecule has 0 heterocycles. The molecular weight excluding hydrogens is 310 g/mol. The van der Waals surface area contributed by atoms with Gasteiger partial charge in [-0.15, -0.1) is 0 Å². The van der Waals surface area contributed by atoms with Crippen molar-refractivity contribution in [3.8, 4) is 5.75 Å². The largest absolute Gasteiger partial charge is 0.489 e. The molecule has 1 fully saturated rings. The summed E-state index contributed by atoms with van der Waals surface area (Å²) in [4.78, 5) is 10.4. The van der Waals surface area contributed by atoms with Gasteiger partial charge in [0, 0.05) is 6.07 Å². The Balaban J connectivity index is 2.13. The summed E-state index contributed by atoms with van der Waals surface area (Å²) in [5.41, 5.74) is 0.0649. The minimum atomic E-state index is -0.397. The van der Waals surface area contributed by atoms with Crippen LogP contribution in [-0.2, 0) is 0 Å². The Bertz CT molecular complexity index is 468. The highest BCUT2D eigenvalue weighted by Gasteiger charge is 2.26. The summed E-state index contributed by atoms with van der Waals surface area (Å²) < 4.78 is 6.73. The average Bonchev–Trinajstić information content (AvgIpc) is 2.30. The van der Waals surface area contributed by atoms with E-state index in [0.29, 0.717) is 17.6 Å². The highest BCUT2D eigenvalue weighted by molar-refractivity contribution is 9.10. The highest BCUT2D eigenvalue weighted by Crippen LogP contribution is 2.35. The maximum atomic E-state index is 10.8. The number of hydrogen-bond donors (Lipinski definition) is 0. The molecule has 0 N–H and O–H groups in total. The number of ether oxygens (including phenoxy) is 1. The predicted octanol–water partition coefficient (Wildman–Crippen LogP) is 4.56. The Labute approximate surface area is 121 Å². The lowest BCUT2D eigenvalue weighted by Crippen LogP contribution is -2.28. The minimum absolute atomic E-state index is 0.0649. The van der Waals surface area contributed by atoms with E-state index < -0.39 is 4.92 Å². The van der Waals surface area contributed by atoms with Crippen molar-refractivity contribution in [3.05, 3.63) is 32.8 Å². The fourth-order valence-electron chi connectivity index (χ4n) is 2.84. The second kappa shape index (κ2) is 5.90. The molecule has 0 spiro atoms. The summed E-state index contributed by atoms with van der Waals surface area (Å²) in [6.07, 6.45) is 3.41. The van der Waals surface area contributed by atoms with E-state index in [1.807, 2.05) is 0 Å².